The van der Waals surface area contributed by atoms with Crippen molar-refractivity contribution in [2.45, 2.75) is 11.7 Å². The van der Waals surface area contributed by atoms with Gasteiger partial charge in [-0.15, -0.1) is 10.2 Å². The molecule has 2 aromatic heterocycles. The van der Waals surface area contributed by atoms with Crippen molar-refractivity contribution in [3.05, 3.63) is 48.0 Å². The van der Waals surface area contributed by atoms with Gasteiger partial charge in [-0.05, 0) is 29.8 Å². The first kappa shape index (κ1) is 18.8. The molecule has 2 N–H and O–H groups in total. The maximum atomic E-state index is 13.8. The van der Waals surface area contributed by atoms with Crippen LogP contribution in [0.3, 0.4) is 0 Å². The van der Waals surface area contributed by atoms with E-state index in [0.717, 1.165) is 11.8 Å². The van der Waals surface area contributed by atoms with Gasteiger partial charge in [0, 0.05) is 13.6 Å². The van der Waals surface area contributed by atoms with Crippen LogP contribution in [-0.4, -0.2) is 45.6 Å². The van der Waals surface area contributed by atoms with E-state index in [1.807, 2.05) is 0 Å². The van der Waals surface area contributed by atoms with E-state index in [0.29, 0.717) is 22.3 Å². The van der Waals surface area contributed by atoms with E-state index in [9.17, 15) is 9.18 Å². The largest absolute Gasteiger partial charge is 0.494 e. The van der Waals surface area contributed by atoms with Crippen LogP contribution in [0, 0.1) is 5.82 Å². The molecule has 3 rings (SSSR count). The Hall–Kier alpha value is -3.01. The second-order valence-corrected chi connectivity index (χ2v) is 6.60. The minimum absolute atomic E-state index is 0.114. The van der Waals surface area contributed by atoms with Crippen LogP contribution in [0.2, 0.25) is 0 Å². The molecule has 3 aromatic rings. The van der Waals surface area contributed by atoms with Gasteiger partial charge in [-0.3, -0.25) is 4.79 Å². The van der Waals surface area contributed by atoms with E-state index in [1.165, 1.54) is 35.1 Å². The lowest BCUT2D eigenvalue weighted by Gasteiger charge is -2.17. The Morgan fingerprint density at radius 1 is 1.41 bits per heavy atom. The van der Waals surface area contributed by atoms with Gasteiger partial charge in [-0.2, -0.15) is 0 Å². The number of hydrogen-bond acceptors (Lipinski definition) is 7. The van der Waals surface area contributed by atoms with Crippen molar-refractivity contribution in [2.24, 2.45) is 0 Å². The molecule has 0 saturated heterocycles. The quantitative estimate of drug-likeness (QED) is 0.487. The van der Waals surface area contributed by atoms with Gasteiger partial charge in [0.25, 0.3) is 0 Å². The summed E-state index contributed by atoms with van der Waals surface area (Å²) in [6.07, 6.45) is 1.51. The molecule has 0 aliphatic carbocycles. The summed E-state index contributed by atoms with van der Waals surface area (Å²) < 4.78 is 25.2. The number of rotatable bonds is 7. The second kappa shape index (κ2) is 8.12. The minimum atomic E-state index is -0.466. The molecule has 0 unspecified atom stereocenters. The van der Waals surface area contributed by atoms with Gasteiger partial charge in [-0.25, -0.2) is 9.07 Å². The number of nitrogens with zero attached hydrogens (tertiary/aromatic N) is 4. The van der Waals surface area contributed by atoms with Crippen molar-refractivity contribution < 1.29 is 18.3 Å². The molecule has 0 atom stereocenters. The Kier molecular flexibility index (Phi) is 5.65. The second-order valence-electron chi connectivity index (χ2n) is 5.66. The molecule has 0 fully saturated rings. The predicted molar refractivity (Wildman–Crippen MR) is 98.0 cm³/mol. The molecule has 0 saturated carbocycles. The Labute approximate surface area is 159 Å². The number of carbonyl (C=O) groups is 1. The molecule has 1 amide bonds. The molecule has 8 nitrogen and oxygen atoms in total. The average Bonchev–Trinajstić information content (AvgIpc) is 3.29. The highest BCUT2D eigenvalue weighted by Crippen LogP contribution is 2.22. The number of furan rings is 1. The average molecular weight is 391 g/mol. The number of amides is 1. The lowest BCUT2D eigenvalue weighted by Crippen LogP contribution is -2.28. The summed E-state index contributed by atoms with van der Waals surface area (Å²) in [6, 6.07) is 8.03. The Bertz CT molecular complexity index is 929. The van der Waals surface area contributed by atoms with Gasteiger partial charge >= 0.3 is 0 Å². The molecule has 0 aliphatic heterocycles. The highest BCUT2D eigenvalue weighted by atomic mass is 32.2. The van der Waals surface area contributed by atoms with Crippen LogP contribution in [0.25, 0.3) is 11.6 Å². The maximum absolute atomic E-state index is 13.8. The van der Waals surface area contributed by atoms with E-state index in [4.69, 9.17) is 15.0 Å². The van der Waals surface area contributed by atoms with Crippen molar-refractivity contribution in [2.75, 3.05) is 25.8 Å². The fourth-order valence-corrected chi connectivity index (χ4v) is 3.15. The summed E-state index contributed by atoms with van der Waals surface area (Å²) in [4.78, 5) is 13.8. The summed E-state index contributed by atoms with van der Waals surface area (Å²) in [7, 11) is 3.05. The molecule has 10 heteroatoms. The van der Waals surface area contributed by atoms with Crippen molar-refractivity contribution in [3.63, 3.8) is 0 Å². The summed E-state index contributed by atoms with van der Waals surface area (Å²) in [6.45, 7) is 0.271. The van der Waals surface area contributed by atoms with Crippen LogP contribution >= 0.6 is 11.8 Å². The van der Waals surface area contributed by atoms with Gasteiger partial charge in [0.2, 0.25) is 16.9 Å². The lowest BCUT2D eigenvalue weighted by molar-refractivity contribution is -0.127. The number of benzene rings is 1. The number of nitrogen functional groups attached to an aromatic ring is 1. The van der Waals surface area contributed by atoms with Crippen molar-refractivity contribution >= 4 is 17.7 Å². The number of methoxy groups -OCH3 is 1. The zero-order valence-corrected chi connectivity index (χ0v) is 15.6. The van der Waals surface area contributed by atoms with Crippen molar-refractivity contribution in [1.29, 1.82) is 0 Å². The summed E-state index contributed by atoms with van der Waals surface area (Å²) >= 11 is 1.16. The SMILES string of the molecule is COc1ccc(CN(C)C(=O)CSc2nnc(-c3ccco3)n2N)cc1F. The molecule has 2 heterocycles. The lowest BCUT2D eigenvalue weighted by atomic mass is 10.2. The fraction of sp³-hybridized carbons (Fsp3) is 0.235. The van der Waals surface area contributed by atoms with Crippen molar-refractivity contribution in [3.8, 4) is 17.3 Å². The van der Waals surface area contributed by atoms with Crippen LogP contribution in [0.15, 0.2) is 46.2 Å². The number of hydrogen-bond donors (Lipinski definition) is 1. The van der Waals surface area contributed by atoms with E-state index < -0.39 is 5.82 Å². The number of halogens is 1. The molecule has 0 bridgehead atoms. The number of carbonyl (C=O) groups excluding carboxylic acids is 1. The van der Waals surface area contributed by atoms with E-state index in [2.05, 4.69) is 10.2 Å². The normalized spacial score (nSPS) is 10.8. The zero-order valence-electron chi connectivity index (χ0n) is 14.8. The number of aromatic nitrogens is 3. The third-order valence-electron chi connectivity index (χ3n) is 3.79. The van der Waals surface area contributed by atoms with Gasteiger partial charge in [-0.1, -0.05) is 17.8 Å². The zero-order chi connectivity index (χ0) is 19.4. The highest BCUT2D eigenvalue weighted by Gasteiger charge is 2.17. The summed E-state index contributed by atoms with van der Waals surface area (Å²) in [5.41, 5.74) is 0.663. The van der Waals surface area contributed by atoms with Crippen molar-refractivity contribution in [1.82, 2.24) is 19.8 Å². The maximum Gasteiger partial charge on any atom is 0.233 e. The highest BCUT2D eigenvalue weighted by molar-refractivity contribution is 7.99. The first-order valence-corrected chi connectivity index (χ1v) is 8.91. The van der Waals surface area contributed by atoms with Crippen LogP contribution in [0.4, 0.5) is 4.39 Å². The van der Waals surface area contributed by atoms with Crippen LogP contribution in [0.1, 0.15) is 5.56 Å². The summed E-state index contributed by atoms with van der Waals surface area (Å²) in [5, 5.41) is 8.33. The number of thioether (sulfide) groups is 1. The fourth-order valence-electron chi connectivity index (χ4n) is 2.36. The van der Waals surface area contributed by atoms with E-state index in [1.54, 1.807) is 25.2 Å². The molecule has 1 aromatic carbocycles. The molecule has 142 valence electrons. The first-order valence-electron chi connectivity index (χ1n) is 7.93. The smallest absolute Gasteiger partial charge is 0.233 e. The molecule has 27 heavy (non-hydrogen) atoms. The van der Waals surface area contributed by atoms with E-state index >= 15 is 0 Å². The Morgan fingerprint density at radius 2 is 2.22 bits per heavy atom. The van der Waals surface area contributed by atoms with Gasteiger partial charge in [0.15, 0.2) is 17.3 Å². The van der Waals surface area contributed by atoms with Crippen LogP contribution < -0.4 is 10.6 Å². The van der Waals surface area contributed by atoms with Gasteiger partial charge in [0.1, 0.15) is 0 Å². The molecular weight excluding hydrogens is 373 g/mol. The van der Waals surface area contributed by atoms with Crippen LogP contribution in [0.5, 0.6) is 5.75 Å². The molecule has 0 spiro atoms. The Balaban J connectivity index is 1.58. The predicted octanol–water partition coefficient (Wildman–Crippen LogP) is 2.15. The molecule has 0 radical (unpaired) electrons. The molecular formula is C17H18FN5O3S. The topological polar surface area (TPSA) is 99.4 Å². The first-order chi connectivity index (χ1) is 13.0. The summed E-state index contributed by atoms with van der Waals surface area (Å²) in [5.74, 6) is 6.48. The van der Waals surface area contributed by atoms with Gasteiger partial charge < -0.3 is 19.9 Å². The number of nitrogens with two attached hydrogens (primary N) is 1. The third kappa shape index (κ3) is 4.22. The minimum Gasteiger partial charge on any atom is -0.494 e. The van der Waals surface area contributed by atoms with Gasteiger partial charge in [0.05, 0.1) is 19.1 Å². The Morgan fingerprint density at radius 3 is 2.89 bits per heavy atom. The van der Waals surface area contributed by atoms with Crippen LogP contribution in [-0.2, 0) is 11.3 Å². The van der Waals surface area contributed by atoms with E-state index in [-0.39, 0.29) is 24.0 Å². The monoisotopic (exact) mass is 391 g/mol. The third-order valence-corrected chi connectivity index (χ3v) is 4.72. The molecule has 0 aliphatic rings. The standard InChI is InChI=1S/C17H18FN5O3S/c1-22(9-11-5-6-13(25-2)12(18)8-11)15(24)10-27-17-21-20-16(23(17)19)14-4-3-7-26-14/h3-8H,9-10,19H2,1-2H3. The number of ether oxygens (including phenoxy) is 1.